The van der Waals surface area contributed by atoms with Crippen LogP contribution in [0.5, 0.6) is 0 Å². The van der Waals surface area contributed by atoms with Crippen molar-refractivity contribution < 1.29 is 9.84 Å². The summed E-state index contributed by atoms with van der Waals surface area (Å²) in [7, 11) is 0. The van der Waals surface area contributed by atoms with Crippen LogP contribution >= 0.6 is 0 Å². The topological polar surface area (TPSA) is 41.5 Å². The van der Waals surface area contributed by atoms with Crippen LogP contribution in [0, 0.1) is 0 Å². The quantitative estimate of drug-likeness (QED) is 0.809. The number of rotatable bonds is 4. The fourth-order valence-corrected chi connectivity index (χ4v) is 2.09. The maximum absolute atomic E-state index is 9.42. The van der Waals surface area contributed by atoms with Crippen molar-refractivity contribution in [1.82, 2.24) is 5.32 Å². The van der Waals surface area contributed by atoms with Crippen LogP contribution in [0.15, 0.2) is 30.3 Å². The zero-order valence-electron chi connectivity index (χ0n) is 9.43. The lowest BCUT2D eigenvalue weighted by Gasteiger charge is -2.27. The molecule has 3 heteroatoms. The van der Waals surface area contributed by atoms with Crippen molar-refractivity contribution in [3.63, 3.8) is 0 Å². The smallest absolute Gasteiger partial charge is 0.0626 e. The van der Waals surface area contributed by atoms with E-state index in [4.69, 9.17) is 4.74 Å². The van der Waals surface area contributed by atoms with Gasteiger partial charge in [0.2, 0.25) is 0 Å². The molecule has 2 N–H and O–H groups in total. The molecule has 0 aromatic heterocycles. The molecule has 1 fully saturated rings. The van der Waals surface area contributed by atoms with Gasteiger partial charge in [-0.25, -0.2) is 0 Å². The molecule has 1 heterocycles. The molecule has 0 aliphatic carbocycles. The number of hydrogen-bond acceptors (Lipinski definition) is 3. The van der Waals surface area contributed by atoms with E-state index in [2.05, 4.69) is 5.32 Å². The van der Waals surface area contributed by atoms with Crippen LogP contribution in [-0.4, -0.2) is 31.0 Å². The Morgan fingerprint density at radius 2 is 1.94 bits per heavy atom. The standard InChI is InChI=1S/C13H19NO2/c15-10-13(11-4-2-1-3-5-11)14-12-6-8-16-9-7-12/h1-5,12-15H,6-10H2. The van der Waals surface area contributed by atoms with Crippen LogP contribution in [0.4, 0.5) is 0 Å². The van der Waals surface area contributed by atoms with E-state index in [0.717, 1.165) is 31.6 Å². The number of aliphatic hydroxyl groups excluding tert-OH is 1. The van der Waals surface area contributed by atoms with Gasteiger partial charge in [0.1, 0.15) is 0 Å². The lowest BCUT2D eigenvalue weighted by atomic mass is 10.0. The molecular weight excluding hydrogens is 202 g/mol. The van der Waals surface area contributed by atoms with Gasteiger partial charge >= 0.3 is 0 Å². The van der Waals surface area contributed by atoms with Crippen LogP contribution in [0.3, 0.4) is 0 Å². The Bertz CT molecular complexity index is 296. The Kier molecular flexibility index (Phi) is 4.34. The van der Waals surface area contributed by atoms with Gasteiger partial charge in [-0.15, -0.1) is 0 Å². The molecule has 1 saturated heterocycles. The molecule has 1 aromatic rings. The zero-order chi connectivity index (χ0) is 11.2. The molecule has 16 heavy (non-hydrogen) atoms. The minimum atomic E-state index is 0.0456. The molecule has 0 bridgehead atoms. The maximum Gasteiger partial charge on any atom is 0.0626 e. The number of nitrogens with one attached hydrogen (secondary N) is 1. The fourth-order valence-electron chi connectivity index (χ4n) is 2.09. The second kappa shape index (κ2) is 5.99. The molecule has 3 nitrogen and oxygen atoms in total. The third kappa shape index (κ3) is 3.04. The van der Waals surface area contributed by atoms with Crippen molar-refractivity contribution in [3.8, 4) is 0 Å². The highest BCUT2D eigenvalue weighted by Gasteiger charge is 2.18. The Hall–Kier alpha value is -0.900. The van der Waals surface area contributed by atoms with E-state index < -0.39 is 0 Å². The van der Waals surface area contributed by atoms with Crippen LogP contribution in [0.25, 0.3) is 0 Å². The molecule has 0 amide bonds. The summed E-state index contributed by atoms with van der Waals surface area (Å²) in [5, 5.41) is 12.9. The van der Waals surface area contributed by atoms with E-state index in [1.165, 1.54) is 0 Å². The van der Waals surface area contributed by atoms with Crippen LogP contribution < -0.4 is 5.32 Å². The summed E-state index contributed by atoms with van der Waals surface area (Å²) in [5.41, 5.74) is 1.15. The van der Waals surface area contributed by atoms with Crippen LogP contribution in [0.2, 0.25) is 0 Å². The van der Waals surface area contributed by atoms with Gasteiger partial charge in [0.05, 0.1) is 12.6 Å². The predicted molar refractivity (Wildman–Crippen MR) is 63.2 cm³/mol. The molecule has 1 aliphatic rings. The van der Waals surface area contributed by atoms with Gasteiger partial charge < -0.3 is 15.2 Å². The lowest BCUT2D eigenvalue weighted by Crippen LogP contribution is -2.38. The molecule has 1 aromatic carbocycles. The minimum absolute atomic E-state index is 0.0456. The van der Waals surface area contributed by atoms with Crippen molar-refractivity contribution in [1.29, 1.82) is 0 Å². The third-order valence-corrected chi connectivity index (χ3v) is 3.04. The molecule has 1 atom stereocenters. The predicted octanol–water partition coefficient (Wildman–Crippen LogP) is 1.49. The van der Waals surface area contributed by atoms with Crippen molar-refractivity contribution in [2.75, 3.05) is 19.8 Å². The molecule has 88 valence electrons. The van der Waals surface area contributed by atoms with Gasteiger partial charge in [0.25, 0.3) is 0 Å². The first-order valence-electron chi connectivity index (χ1n) is 5.90. The van der Waals surface area contributed by atoms with Crippen molar-refractivity contribution in [2.24, 2.45) is 0 Å². The second-order valence-corrected chi connectivity index (χ2v) is 4.20. The molecule has 1 aliphatic heterocycles. The van der Waals surface area contributed by atoms with Gasteiger partial charge in [-0.1, -0.05) is 30.3 Å². The van der Waals surface area contributed by atoms with Gasteiger partial charge in [-0.3, -0.25) is 0 Å². The number of ether oxygens (including phenoxy) is 1. The molecular formula is C13H19NO2. The molecule has 1 unspecified atom stereocenters. The summed E-state index contributed by atoms with van der Waals surface area (Å²) in [5.74, 6) is 0. The Balaban J connectivity index is 1.94. The van der Waals surface area contributed by atoms with Crippen LogP contribution in [0.1, 0.15) is 24.4 Å². The molecule has 0 saturated carbocycles. The van der Waals surface area contributed by atoms with Gasteiger partial charge in [0, 0.05) is 19.3 Å². The summed E-state index contributed by atoms with van der Waals surface area (Å²) in [6.07, 6.45) is 2.06. The normalized spacial score (nSPS) is 19.6. The molecule has 0 radical (unpaired) electrons. The lowest BCUT2D eigenvalue weighted by molar-refractivity contribution is 0.0715. The van der Waals surface area contributed by atoms with E-state index in [1.54, 1.807) is 0 Å². The van der Waals surface area contributed by atoms with Gasteiger partial charge in [0.15, 0.2) is 0 Å². The SMILES string of the molecule is OCC(NC1CCOCC1)c1ccccc1. The Morgan fingerprint density at radius 1 is 1.25 bits per heavy atom. The Labute approximate surface area is 96.4 Å². The summed E-state index contributed by atoms with van der Waals surface area (Å²) in [6.45, 7) is 1.79. The fraction of sp³-hybridized carbons (Fsp3) is 0.538. The van der Waals surface area contributed by atoms with Crippen LogP contribution in [-0.2, 0) is 4.74 Å². The van der Waals surface area contributed by atoms with Gasteiger partial charge in [-0.05, 0) is 18.4 Å². The summed E-state index contributed by atoms with van der Waals surface area (Å²) in [6, 6.07) is 10.6. The van der Waals surface area contributed by atoms with E-state index in [1.807, 2.05) is 30.3 Å². The third-order valence-electron chi connectivity index (χ3n) is 3.04. The maximum atomic E-state index is 9.42. The van der Waals surface area contributed by atoms with E-state index in [9.17, 15) is 5.11 Å². The Morgan fingerprint density at radius 3 is 2.56 bits per heavy atom. The largest absolute Gasteiger partial charge is 0.394 e. The first-order chi connectivity index (χ1) is 7.90. The summed E-state index contributed by atoms with van der Waals surface area (Å²) >= 11 is 0. The van der Waals surface area contributed by atoms with Crippen molar-refractivity contribution >= 4 is 0 Å². The van der Waals surface area contributed by atoms with Gasteiger partial charge in [-0.2, -0.15) is 0 Å². The van der Waals surface area contributed by atoms with E-state index >= 15 is 0 Å². The average molecular weight is 221 g/mol. The van der Waals surface area contributed by atoms with Crippen molar-refractivity contribution in [3.05, 3.63) is 35.9 Å². The average Bonchev–Trinajstić information content (AvgIpc) is 2.38. The molecule has 2 rings (SSSR count). The number of benzene rings is 1. The monoisotopic (exact) mass is 221 g/mol. The second-order valence-electron chi connectivity index (χ2n) is 4.20. The summed E-state index contributed by atoms with van der Waals surface area (Å²) in [4.78, 5) is 0. The van der Waals surface area contributed by atoms with E-state index in [-0.39, 0.29) is 12.6 Å². The molecule has 0 spiro atoms. The first kappa shape index (κ1) is 11.6. The van der Waals surface area contributed by atoms with E-state index in [0.29, 0.717) is 6.04 Å². The zero-order valence-corrected chi connectivity index (χ0v) is 9.43. The minimum Gasteiger partial charge on any atom is -0.394 e. The first-order valence-corrected chi connectivity index (χ1v) is 5.90. The highest BCUT2D eigenvalue weighted by molar-refractivity contribution is 5.19. The number of aliphatic hydroxyl groups is 1. The highest BCUT2D eigenvalue weighted by atomic mass is 16.5. The summed E-state index contributed by atoms with van der Waals surface area (Å²) < 4.78 is 5.32. The number of hydrogen-bond donors (Lipinski definition) is 2. The van der Waals surface area contributed by atoms with Crippen molar-refractivity contribution in [2.45, 2.75) is 24.9 Å². The highest BCUT2D eigenvalue weighted by Crippen LogP contribution is 2.16.